The third kappa shape index (κ3) is 1.75. The first-order chi connectivity index (χ1) is 7.01. The molecule has 0 heterocycles. The Kier molecular flexibility index (Phi) is 2.27. The van der Waals surface area contributed by atoms with Gasteiger partial charge in [-0.3, -0.25) is 4.79 Å². The van der Waals surface area contributed by atoms with Crippen molar-refractivity contribution >= 4 is 5.97 Å². The minimum atomic E-state index is -0.922. The minimum Gasteiger partial charge on any atom is -0.481 e. The Morgan fingerprint density at radius 3 is 2.67 bits per heavy atom. The highest BCUT2D eigenvalue weighted by Crippen LogP contribution is 2.45. The fraction of sp³-hybridized carbons (Fsp3) is 0.417. The molecular weight excluding hydrogens is 192 g/mol. The van der Waals surface area contributed by atoms with Crippen molar-refractivity contribution in [3.63, 3.8) is 0 Å². The number of aliphatic carboxylic acids is 1. The molecule has 0 aliphatic heterocycles. The Labute approximate surface area is 88.4 Å². The smallest absolute Gasteiger partial charge is 0.306 e. The summed E-state index contributed by atoms with van der Waals surface area (Å²) in [5, 5.41) is 18.9. The summed E-state index contributed by atoms with van der Waals surface area (Å²) in [5.41, 5.74) is 0.995. The molecule has 2 rings (SSSR count). The van der Waals surface area contributed by atoms with Gasteiger partial charge in [-0.2, -0.15) is 0 Å². The molecule has 1 aromatic rings. The lowest BCUT2D eigenvalue weighted by molar-refractivity contribution is -0.159. The highest BCUT2D eigenvalue weighted by atomic mass is 16.4. The van der Waals surface area contributed by atoms with E-state index in [2.05, 4.69) is 0 Å². The van der Waals surface area contributed by atoms with Gasteiger partial charge in [0.25, 0.3) is 0 Å². The standard InChI is InChI=1S/C12H14O3/c1-8-3-2-4-10(5-8)12(15)6-9(7-12)11(13)14/h2-5,9,15H,6-7H2,1H3,(H,13,14). The second-order valence-electron chi connectivity index (χ2n) is 4.34. The van der Waals surface area contributed by atoms with Crippen LogP contribution in [0, 0.1) is 12.8 Å². The summed E-state index contributed by atoms with van der Waals surface area (Å²) < 4.78 is 0. The Hall–Kier alpha value is -1.35. The van der Waals surface area contributed by atoms with Crippen LogP contribution in [0.3, 0.4) is 0 Å². The van der Waals surface area contributed by atoms with Crippen LogP contribution in [0.5, 0.6) is 0 Å². The van der Waals surface area contributed by atoms with E-state index >= 15 is 0 Å². The van der Waals surface area contributed by atoms with Gasteiger partial charge in [0.15, 0.2) is 0 Å². The van der Waals surface area contributed by atoms with E-state index in [1.807, 2.05) is 31.2 Å². The minimum absolute atomic E-state index is 0.325. The SMILES string of the molecule is Cc1cccc(C2(O)CC(C(=O)O)C2)c1. The molecular formula is C12H14O3. The van der Waals surface area contributed by atoms with Crippen LogP contribution in [0.4, 0.5) is 0 Å². The first kappa shape index (κ1) is 10.2. The lowest BCUT2D eigenvalue weighted by Crippen LogP contribution is -2.44. The molecule has 15 heavy (non-hydrogen) atoms. The van der Waals surface area contributed by atoms with Gasteiger partial charge in [0.2, 0.25) is 0 Å². The lowest BCUT2D eigenvalue weighted by Gasteiger charge is -2.42. The van der Waals surface area contributed by atoms with E-state index in [0.717, 1.165) is 11.1 Å². The Bertz CT molecular complexity index is 392. The molecule has 0 bridgehead atoms. The van der Waals surface area contributed by atoms with Crippen molar-refractivity contribution in [3.8, 4) is 0 Å². The largest absolute Gasteiger partial charge is 0.481 e. The number of hydrogen-bond donors (Lipinski definition) is 2. The summed E-state index contributed by atoms with van der Waals surface area (Å²) in [5.74, 6) is -1.21. The van der Waals surface area contributed by atoms with E-state index < -0.39 is 17.5 Å². The van der Waals surface area contributed by atoms with Crippen LogP contribution in [0.1, 0.15) is 24.0 Å². The fourth-order valence-corrected chi connectivity index (χ4v) is 2.10. The van der Waals surface area contributed by atoms with E-state index in [-0.39, 0.29) is 0 Å². The van der Waals surface area contributed by atoms with Gasteiger partial charge in [-0.15, -0.1) is 0 Å². The molecule has 1 aromatic carbocycles. The maximum absolute atomic E-state index is 10.7. The molecule has 1 aliphatic rings. The first-order valence-electron chi connectivity index (χ1n) is 5.03. The number of hydrogen-bond acceptors (Lipinski definition) is 2. The van der Waals surface area contributed by atoms with Crippen LogP contribution < -0.4 is 0 Å². The number of carboxylic acids is 1. The molecule has 3 heteroatoms. The van der Waals surface area contributed by atoms with Gasteiger partial charge in [-0.1, -0.05) is 29.8 Å². The number of aliphatic hydroxyl groups is 1. The van der Waals surface area contributed by atoms with Gasteiger partial charge in [0, 0.05) is 0 Å². The highest BCUT2D eigenvalue weighted by Gasteiger charge is 2.47. The summed E-state index contributed by atoms with van der Waals surface area (Å²) in [6, 6.07) is 7.61. The van der Waals surface area contributed by atoms with Crippen molar-refractivity contribution in [2.75, 3.05) is 0 Å². The number of aryl methyl sites for hydroxylation is 1. The number of rotatable bonds is 2. The molecule has 0 saturated heterocycles. The van der Waals surface area contributed by atoms with Crippen LogP contribution in [-0.4, -0.2) is 16.2 Å². The van der Waals surface area contributed by atoms with Crippen LogP contribution in [0.15, 0.2) is 24.3 Å². The summed E-state index contributed by atoms with van der Waals surface area (Å²) in [7, 11) is 0. The van der Waals surface area contributed by atoms with Gasteiger partial charge in [0.05, 0.1) is 11.5 Å². The third-order valence-electron chi connectivity index (χ3n) is 3.07. The van der Waals surface area contributed by atoms with Gasteiger partial charge in [0.1, 0.15) is 0 Å². The molecule has 1 fully saturated rings. The van der Waals surface area contributed by atoms with E-state index in [4.69, 9.17) is 5.11 Å². The zero-order chi connectivity index (χ0) is 11.1. The molecule has 1 saturated carbocycles. The predicted octanol–water partition coefficient (Wildman–Crippen LogP) is 1.68. The van der Waals surface area contributed by atoms with Crippen LogP contribution in [-0.2, 0) is 10.4 Å². The molecule has 80 valence electrons. The molecule has 0 amide bonds. The summed E-state index contributed by atoms with van der Waals surface area (Å²) in [6.07, 6.45) is 0.650. The van der Waals surface area contributed by atoms with Crippen molar-refractivity contribution < 1.29 is 15.0 Å². The van der Waals surface area contributed by atoms with Gasteiger partial charge in [-0.05, 0) is 25.3 Å². The van der Waals surface area contributed by atoms with Gasteiger partial charge >= 0.3 is 5.97 Å². The van der Waals surface area contributed by atoms with Crippen LogP contribution >= 0.6 is 0 Å². The Balaban J connectivity index is 2.16. The molecule has 0 unspecified atom stereocenters. The average Bonchev–Trinajstić information content (AvgIpc) is 2.12. The van der Waals surface area contributed by atoms with Crippen LogP contribution in [0.25, 0.3) is 0 Å². The molecule has 0 radical (unpaired) electrons. The summed E-state index contributed by atoms with van der Waals surface area (Å²) in [4.78, 5) is 10.7. The number of carboxylic acid groups (broad SMARTS) is 1. The molecule has 0 aromatic heterocycles. The van der Waals surface area contributed by atoms with Gasteiger partial charge < -0.3 is 10.2 Å². The van der Waals surface area contributed by atoms with E-state index in [9.17, 15) is 9.90 Å². The van der Waals surface area contributed by atoms with Crippen molar-refractivity contribution in [2.24, 2.45) is 5.92 Å². The first-order valence-corrected chi connectivity index (χ1v) is 5.03. The zero-order valence-corrected chi connectivity index (χ0v) is 8.60. The number of carbonyl (C=O) groups is 1. The van der Waals surface area contributed by atoms with Crippen molar-refractivity contribution in [2.45, 2.75) is 25.4 Å². The van der Waals surface area contributed by atoms with E-state index in [0.29, 0.717) is 12.8 Å². The molecule has 1 aliphatic carbocycles. The second-order valence-corrected chi connectivity index (χ2v) is 4.34. The van der Waals surface area contributed by atoms with Crippen molar-refractivity contribution in [1.82, 2.24) is 0 Å². The van der Waals surface area contributed by atoms with E-state index in [1.54, 1.807) is 0 Å². The zero-order valence-electron chi connectivity index (χ0n) is 8.60. The Morgan fingerprint density at radius 2 is 2.13 bits per heavy atom. The summed E-state index contributed by atoms with van der Waals surface area (Å²) in [6.45, 7) is 1.96. The molecule has 0 spiro atoms. The molecule has 2 N–H and O–H groups in total. The topological polar surface area (TPSA) is 57.5 Å². The normalized spacial score (nSPS) is 29.6. The average molecular weight is 206 g/mol. The highest BCUT2D eigenvalue weighted by molar-refractivity contribution is 5.71. The van der Waals surface area contributed by atoms with Crippen molar-refractivity contribution in [3.05, 3.63) is 35.4 Å². The van der Waals surface area contributed by atoms with Crippen LogP contribution in [0.2, 0.25) is 0 Å². The van der Waals surface area contributed by atoms with E-state index in [1.165, 1.54) is 0 Å². The predicted molar refractivity (Wildman–Crippen MR) is 55.4 cm³/mol. The lowest BCUT2D eigenvalue weighted by atomic mass is 9.67. The quantitative estimate of drug-likeness (QED) is 0.774. The van der Waals surface area contributed by atoms with Crippen molar-refractivity contribution in [1.29, 1.82) is 0 Å². The van der Waals surface area contributed by atoms with Gasteiger partial charge in [-0.25, -0.2) is 0 Å². The summed E-state index contributed by atoms with van der Waals surface area (Å²) >= 11 is 0. The maximum Gasteiger partial charge on any atom is 0.306 e. The Morgan fingerprint density at radius 1 is 1.47 bits per heavy atom. The second kappa shape index (κ2) is 3.35. The monoisotopic (exact) mass is 206 g/mol. The third-order valence-corrected chi connectivity index (χ3v) is 3.07. The number of benzene rings is 1. The molecule has 0 atom stereocenters. The maximum atomic E-state index is 10.7. The molecule has 3 nitrogen and oxygen atoms in total. The fourth-order valence-electron chi connectivity index (χ4n) is 2.10.